The van der Waals surface area contributed by atoms with Gasteiger partial charge in [0.15, 0.2) is 5.82 Å². The summed E-state index contributed by atoms with van der Waals surface area (Å²) in [5.41, 5.74) is 0.161. The van der Waals surface area contributed by atoms with Gasteiger partial charge in [0.2, 0.25) is 5.91 Å². The molecule has 142 valence electrons. The van der Waals surface area contributed by atoms with E-state index in [-0.39, 0.29) is 36.2 Å². The number of hydrogen-bond acceptors (Lipinski definition) is 7. The average molecular weight is 392 g/mol. The highest BCUT2D eigenvalue weighted by molar-refractivity contribution is 7.99. The first-order valence-electron chi connectivity index (χ1n) is 7.93. The molecule has 27 heavy (non-hydrogen) atoms. The van der Waals surface area contributed by atoms with Gasteiger partial charge in [-0.2, -0.15) is 0 Å². The molecule has 10 heteroatoms. The first-order chi connectivity index (χ1) is 13.0. The van der Waals surface area contributed by atoms with Gasteiger partial charge in [-0.25, -0.2) is 4.39 Å². The summed E-state index contributed by atoms with van der Waals surface area (Å²) in [5, 5.41) is 13.1. The molecule has 0 bridgehead atoms. The number of esters is 1. The molecule has 0 aliphatic heterocycles. The van der Waals surface area contributed by atoms with E-state index in [1.807, 2.05) is 0 Å². The predicted octanol–water partition coefficient (Wildman–Crippen LogP) is 1.64. The van der Waals surface area contributed by atoms with Crippen molar-refractivity contribution in [2.24, 2.45) is 0 Å². The van der Waals surface area contributed by atoms with Gasteiger partial charge in [0.25, 0.3) is 5.91 Å². The van der Waals surface area contributed by atoms with Crippen LogP contribution >= 0.6 is 11.8 Å². The van der Waals surface area contributed by atoms with Crippen LogP contribution in [0, 0.1) is 5.82 Å². The fourth-order valence-corrected chi connectivity index (χ4v) is 2.50. The zero-order valence-electron chi connectivity index (χ0n) is 14.4. The molecule has 2 aromatic rings. The van der Waals surface area contributed by atoms with Crippen LogP contribution in [0.4, 0.5) is 10.2 Å². The Kier molecular flexibility index (Phi) is 7.68. The van der Waals surface area contributed by atoms with Crippen molar-refractivity contribution in [3.05, 3.63) is 47.8 Å². The van der Waals surface area contributed by atoms with Gasteiger partial charge in [-0.1, -0.05) is 17.8 Å². The van der Waals surface area contributed by atoms with Crippen LogP contribution in [0.1, 0.15) is 17.3 Å². The summed E-state index contributed by atoms with van der Waals surface area (Å²) in [6, 6.07) is 8.36. The van der Waals surface area contributed by atoms with Gasteiger partial charge in [-0.05, 0) is 37.3 Å². The van der Waals surface area contributed by atoms with Gasteiger partial charge >= 0.3 is 5.97 Å². The largest absolute Gasteiger partial charge is 0.465 e. The molecule has 0 radical (unpaired) electrons. The van der Waals surface area contributed by atoms with Crippen molar-refractivity contribution in [1.29, 1.82) is 0 Å². The number of amides is 2. The van der Waals surface area contributed by atoms with Crippen LogP contribution in [0.25, 0.3) is 0 Å². The number of benzene rings is 1. The van der Waals surface area contributed by atoms with Gasteiger partial charge in [0.1, 0.15) is 17.4 Å². The molecule has 1 heterocycles. The minimum atomic E-state index is -0.512. The highest BCUT2D eigenvalue weighted by Crippen LogP contribution is 2.15. The highest BCUT2D eigenvalue weighted by atomic mass is 32.2. The number of halogens is 1. The number of ether oxygens (including phenoxy) is 1. The van der Waals surface area contributed by atoms with Crippen molar-refractivity contribution in [2.45, 2.75) is 11.9 Å². The van der Waals surface area contributed by atoms with Crippen molar-refractivity contribution in [2.75, 3.05) is 24.2 Å². The minimum absolute atomic E-state index is 0.0447. The number of rotatable bonds is 8. The number of carbonyl (C=O) groups is 3. The van der Waals surface area contributed by atoms with Crippen LogP contribution in [-0.4, -0.2) is 46.9 Å². The fraction of sp³-hybridized carbons (Fsp3) is 0.235. The molecule has 0 aliphatic carbocycles. The number of hydrogen-bond donors (Lipinski definition) is 2. The van der Waals surface area contributed by atoms with Crippen molar-refractivity contribution in [3.8, 4) is 0 Å². The lowest BCUT2D eigenvalue weighted by Gasteiger charge is -2.06. The van der Waals surface area contributed by atoms with E-state index in [2.05, 4.69) is 20.8 Å². The number of carbonyl (C=O) groups excluding carboxylic acids is 3. The molecule has 0 spiro atoms. The van der Waals surface area contributed by atoms with Gasteiger partial charge in [0, 0.05) is 5.56 Å². The van der Waals surface area contributed by atoms with E-state index in [1.165, 1.54) is 24.3 Å². The van der Waals surface area contributed by atoms with Crippen LogP contribution in [0.2, 0.25) is 0 Å². The molecular weight excluding hydrogens is 375 g/mol. The number of nitrogens with one attached hydrogen (secondary N) is 2. The smallest absolute Gasteiger partial charge is 0.325 e. The minimum Gasteiger partial charge on any atom is -0.465 e. The molecule has 2 amide bonds. The van der Waals surface area contributed by atoms with Crippen molar-refractivity contribution >= 4 is 35.4 Å². The molecule has 0 fully saturated rings. The Morgan fingerprint density at radius 1 is 1.19 bits per heavy atom. The number of aromatic nitrogens is 2. The second kappa shape index (κ2) is 10.2. The van der Waals surface area contributed by atoms with Crippen LogP contribution in [0.5, 0.6) is 0 Å². The summed E-state index contributed by atoms with van der Waals surface area (Å²) in [6.45, 7) is 1.74. The lowest BCUT2D eigenvalue weighted by molar-refractivity contribution is -0.143. The van der Waals surface area contributed by atoms with Gasteiger partial charge in [0.05, 0.1) is 12.4 Å². The fourth-order valence-electron chi connectivity index (χ4n) is 1.86. The lowest BCUT2D eigenvalue weighted by atomic mass is 10.2. The summed E-state index contributed by atoms with van der Waals surface area (Å²) in [6.07, 6.45) is 0. The van der Waals surface area contributed by atoms with E-state index in [9.17, 15) is 18.8 Å². The van der Waals surface area contributed by atoms with E-state index in [4.69, 9.17) is 4.74 Å². The summed E-state index contributed by atoms with van der Waals surface area (Å²) in [4.78, 5) is 34.8. The Morgan fingerprint density at radius 3 is 2.67 bits per heavy atom. The van der Waals surface area contributed by atoms with Crippen molar-refractivity contribution < 1.29 is 23.5 Å². The molecule has 2 rings (SSSR count). The quantitative estimate of drug-likeness (QED) is 0.519. The molecule has 0 saturated carbocycles. The molecule has 0 saturated heterocycles. The van der Waals surface area contributed by atoms with Crippen LogP contribution in [0.3, 0.4) is 0 Å². The summed E-state index contributed by atoms with van der Waals surface area (Å²) in [5.74, 6) is -1.64. The zero-order chi connectivity index (χ0) is 19.6. The predicted molar refractivity (Wildman–Crippen MR) is 96.8 cm³/mol. The Hall–Kier alpha value is -3.01. The first-order valence-corrected chi connectivity index (χ1v) is 8.92. The first kappa shape index (κ1) is 20.3. The Balaban J connectivity index is 1.80. The highest BCUT2D eigenvalue weighted by Gasteiger charge is 2.10. The monoisotopic (exact) mass is 392 g/mol. The molecule has 0 aliphatic rings. The lowest BCUT2D eigenvalue weighted by Crippen LogP contribution is -2.31. The van der Waals surface area contributed by atoms with Crippen molar-refractivity contribution in [1.82, 2.24) is 15.5 Å². The Morgan fingerprint density at radius 2 is 2.00 bits per heavy atom. The molecule has 2 N–H and O–H groups in total. The second-order valence-corrected chi connectivity index (χ2v) is 6.09. The van der Waals surface area contributed by atoms with E-state index < -0.39 is 17.7 Å². The molecule has 0 atom stereocenters. The summed E-state index contributed by atoms with van der Waals surface area (Å²) >= 11 is 1.12. The van der Waals surface area contributed by atoms with E-state index >= 15 is 0 Å². The average Bonchev–Trinajstić information content (AvgIpc) is 2.66. The van der Waals surface area contributed by atoms with Gasteiger partial charge in [-0.15, -0.1) is 10.2 Å². The maximum absolute atomic E-state index is 13.1. The van der Waals surface area contributed by atoms with Crippen LogP contribution in [0.15, 0.2) is 41.4 Å². The van der Waals surface area contributed by atoms with Gasteiger partial charge in [-0.3, -0.25) is 14.4 Å². The third-order valence-electron chi connectivity index (χ3n) is 3.05. The normalized spacial score (nSPS) is 10.1. The Bertz CT molecular complexity index is 817. The van der Waals surface area contributed by atoms with Crippen molar-refractivity contribution in [3.63, 3.8) is 0 Å². The SMILES string of the molecule is CCOC(=O)CNC(=O)CSc1ccc(NC(=O)c2cccc(F)c2)nn1. The van der Waals surface area contributed by atoms with Crippen LogP contribution < -0.4 is 10.6 Å². The van der Waals surface area contributed by atoms with E-state index in [0.717, 1.165) is 17.8 Å². The molecular formula is C17H17FN4O4S. The second-order valence-electron chi connectivity index (χ2n) is 5.09. The zero-order valence-corrected chi connectivity index (χ0v) is 15.2. The van der Waals surface area contributed by atoms with E-state index in [0.29, 0.717) is 5.03 Å². The van der Waals surface area contributed by atoms with Gasteiger partial charge < -0.3 is 15.4 Å². The molecule has 1 aromatic heterocycles. The number of thioether (sulfide) groups is 1. The number of nitrogens with zero attached hydrogens (tertiary/aromatic N) is 2. The van der Waals surface area contributed by atoms with Crippen LogP contribution in [-0.2, 0) is 14.3 Å². The standard InChI is InChI=1S/C17H17FN4O4S/c1-2-26-16(24)9-19-14(23)10-27-15-7-6-13(21-22-15)20-17(25)11-4-3-5-12(18)8-11/h3-8H,2,9-10H2,1H3,(H,19,23)(H,20,21,25). The maximum atomic E-state index is 13.1. The maximum Gasteiger partial charge on any atom is 0.325 e. The molecule has 1 aromatic carbocycles. The Labute approximate surface area is 158 Å². The van der Waals surface area contributed by atoms with E-state index in [1.54, 1.807) is 13.0 Å². The third-order valence-corrected chi connectivity index (χ3v) is 3.97. The summed E-state index contributed by atoms with van der Waals surface area (Å²) < 4.78 is 17.8. The molecule has 0 unspecified atom stereocenters. The number of anilines is 1. The topological polar surface area (TPSA) is 110 Å². The third kappa shape index (κ3) is 7.02. The molecule has 8 nitrogen and oxygen atoms in total. The summed E-state index contributed by atoms with van der Waals surface area (Å²) in [7, 11) is 0.